The van der Waals surface area contributed by atoms with Gasteiger partial charge in [0.1, 0.15) is 13.2 Å². The fraction of sp³-hybridized carbons (Fsp3) is 0.932. The average molecular weight is 773 g/mol. The number of rotatable bonds is 41. The smallest absolute Gasteiger partial charge is 0.268 e. The Bertz CT molecular complexity index is 880. The summed E-state index contributed by atoms with van der Waals surface area (Å²) < 4.78 is 23.2. The van der Waals surface area contributed by atoms with Crippen LogP contribution in [0.4, 0.5) is 0 Å². The Kier molecular flexibility index (Phi) is 36.3. The summed E-state index contributed by atoms with van der Waals surface area (Å²) in [7, 11) is 1.31. The molecule has 0 spiro atoms. The highest BCUT2D eigenvalue weighted by Gasteiger charge is 2.24. The maximum absolute atomic E-state index is 12.9. The number of carbonyl (C=O) groups is 1. The summed E-state index contributed by atoms with van der Waals surface area (Å²) in [5, 5.41) is 13.9. The molecule has 0 bridgehead atoms. The SMILES string of the molecule is CCCCCCCCCCC/C=C\CCCCCCCCCC(=O)NC(COP(=O)([O-])OCC[N+](C)(C)C)C(O)CCCCCCCCCCCCC. The normalized spacial score (nSPS) is 14.5. The highest BCUT2D eigenvalue weighted by molar-refractivity contribution is 7.45. The molecule has 0 radical (unpaired) electrons. The lowest BCUT2D eigenvalue weighted by Crippen LogP contribution is -2.46. The molecule has 3 atom stereocenters. The van der Waals surface area contributed by atoms with E-state index in [0.717, 1.165) is 38.5 Å². The molecule has 0 fully saturated rings. The van der Waals surface area contributed by atoms with Gasteiger partial charge in [0.2, 0.25) is 5.91 Å². The summed E-state index contributed by atoms with van der Waals surface area (Å²) in [5.74, 6) is -0.169. The number of phosphoric ester groups is 1. The first-order valence-corrected chi connectivity index (χ1v) is 24.0. The third kappa shape index (κ3) is 39.3. The zero-order chi connectivity index (χ0) is 39.3. The van der Waals surface area contributed by atoms with Gasteiger partial charge < -0.3 is 28.8 Å². The predicted molar refractivity (Wildman–Crippen MR) is 224 cm³/mol. The molecule has 0 aliphatic rings. The van der Waals surface area contributed by atoms with Gasteiger partial charge in [0.05, 0.1) is 39.9 Å². The zero-order valence-corrected chi connectivity index (χ0v) is 36.6. The molecule has 0 rings (SSSR count). The number of aliphatic hydroxyl groups excluding tert-OH is 1. The average Bonchev–Trinajstić information content (AvgIpc) is 3.10. The van der Waals surface area contributed by atoms with Crippen LogP contribution in [-0.4, -0.2) is 68.5 Å². The van der Waals surface area contributed by atoms with Crippen LogP contribution in [-0.2, 0) is 18.4 Å². The van der Waals surface area contributed by atoms with E-state index in [0.29, 0.717) is 23.9 Å². The van der Waals surface area contributed by atoms with E-state index in [1.807, 2.05) is 21.1 Å². The summed E-state index contributed by atoms with van der Waals surface area (Å²) in [6.07, 6.45) is 40.7. The van der Waals surface area contributed by atoms with Crippen LogP contribution in [0.15, 0.2) is 12.2 Å². The fourth-order valence-corrected chi connectivity index (χ4v) is 7.35. The van der Waals surface area contributed by atoms with E-state index in [9.17, 15) is 19.4 Å². The maximum Gasteiger partial charge on any atom is 0.268 e. The van der Waals surface area contributed by atoms with E-state index in [4.69, 9.17) is 9.05 Å². The van der Waals surface area contributed by atoms with Crippen molar-refractivity contribution in [1.29, 1.82) is 0 Å². The summed E-state index contributed by atoms with van der Waals surface area (Å²) in [6.45, 7) is 4.71. The van der Waals surface area contributed by atoms with E-state index in [1.54, 1.807) is 0 Å². The Morgan fingerprint density at radius 1 is 0.642 bits per heavy atom. The highest BCUT2D eigenvalue weighted by Crippen LogP contribution is 2.38. The molecule has 3 unspecified atom stereocenters. The van der Waals surface area contributed by atoms with Crippen molar-refractivity contribution in [1.82, 2.24) is 5.32 Å². The summed E-state index contributed by atoms with van der Waals surface area (Å²) >= 11 is 0. The number of amides is 1. The second-order valence-corrected chi connectivity index (χ2v) is 18.2. The predicted octanol–water partition coefficient (Wildman–Crippen LogP) is 11.7. The molecule has 2 N–H and O–H groups in total. The fourth-order valence-electron chi connectivity index (χ4n) is 6.62. The second kappa shape index (κ2) is 36.9. The number of hydrogen-bond acceptors (Lipinski definition) is 6. The van der Waals surface area contributed by atoms with Crippen LogP contribution >= 0.6 is 7.82 Å². The van der Waals surface area contributed by atoms with Crippen molar-refractivity contribution < 1.29 is 32.9 Å². The first-order chi connectivity index (χ1) is 25.5. The largest absolute Gasteiger partial charge is 0.756 e. The van der Waals surface area contributed by atoms with Crippen molar-refractivity contribution in [3.8, 4) is 0 Å². The van der Waals surface area contributed by atoms with Gasteiger partial charge in [-0.1, -0.05) is 180 Å². The third-order valence-corrected chi connectivity index (χ3v) is 11.2. The lowest BCUT2D eigenvalue weighted by atomic mass is 10.0. The number of carbonyl (C=O) groups excluding carboxylic acids is 1. The molecule has 0 aromatic carbocycles. The van der Waals surface area contributed by atoms with Gasteiger partial charge in [0.25, 0.3) is 7.82 Å². The van der Waals surface area contributed by atoms with Gasteiger partial charge in [-0.2, -0.15) is 0 Å². The minimum Gasteiger partial charge on any atom is -0.756 e. The number of aliphatic hydroxyl groups is 1. The first-order valence-electron chi connectivity index (χ1n) is 22.5. The van der Waals surface area contributed by atoms with Crippen LogP contribution in [0.1, 0.15) is 213 Å². The van der Waals surface area contributed by atoms with Gasteiger partial charge in [-0.05, 0) is 38.5 Å². The summed E-state index contributed by atoms with van der Waals surface area (Å²) in [5.41, 5.74) is 0. The number of hydrogen-bond donors (Lipinski definition) is 2. The number of allylic oxidation sites excluding steroid dienone is 2. The third-order valence-electron chi connectivity index (χ3n) is 10.3. The molecule has 53 heavy (non-hydrogen) atoms. The Labute approximate surface area is 329 Å². The molecule has 0 aliphatic carbocycles. The van der Waals surface area contributed by atoms with E-state index >= 15 is 0 Å². The molecule has 0 saturated heterocycles. The van der Waals surface area contributed by atoms with Crippen molar-refractivity contribution in [3.63, 3.8) is 0 Å². The van der Waals surface area contributed by atoms with E-state index in [2.05, 4.69) is 31.3 Å². The molecule has 0 saturated carbocycles. The lowest BCUT2D eigenvalue weighted by molar-refractivity contribution is -0.870. The monoisotopic (exact) mass is 773 g/mol. The van der Waals surface area contributed by atoms with Crippen molar-refractivity contribution >= 4 is 13.7 Å². The minimum absolute atomic E-state index is 0.0130. The topological polar surface area (TPSA) is 108 Å². The van der Waals surface area contributed by atoms with Gasteiger partial charge in [-0.15, -0.1) is 0 Å². The standard InChI is InChI=1S/C44H89N2O6P/c1-6-8-10-12-14-16-18-19-20-21-22-23-24-25-26-28-30-32-34-36-38-44(48)45-42(41-52-53(49,50)51-40-39-46(3,4)5)43(47)37-35-33-31-29-27-17-15-13-11-9-7-2/h22-23,42-43,47H,6-21,24-41H2,1-5H3,(H-,45,48,49,50)/b23-22-. The second-order valence-electron chi connectivity index (χ2n) is 16.8. The van der Waals surface area contributed by atoms with Crippen LogP contribution < -0.4 is 10.2 Å². The molecule has 9 heteroatoms. The molecule has 0 aromatic heterocycles. The van der Waals surface area contributed by atoms with Crippen LogP contribution in [0.5, 0.6) is 0 Å². The summed E-state index contributed by atoms with van der Waals surface area (Å²) in [4.78, 5) is 25.3. The van der Waals surface area contributed by atoms with Crippen LogP contribution in [0.3, 0.4) is 0 Å². The van der Waals surface area contributed by atoms with Crippen molar-refractivity contribution in [2.45, 2.75) is 225 Å². The maximum atomic E-state index is 12.9. The van der Waals surface area contributed by atoms with Gasteiger partial charge in [-0.3, -0.25) is 9.36 Å². The number of likely N-dealkylation sites (N-methyl/N-ethyl adjacent to an activating group) is 1. The van der Waals surface area contributed by atoms with E-state index < -0.39 is 20.0 Å². The van der Waals surface area contributed by atoms with Crippen molar-refractivity contribution in [2.24, 2.45) is 0 Å². The van der Waals surface area contributed by atoms with Gasteiger partial charge in [0.15, 0.2) is 0 Å². The Hall–Kier alpha value is -0.760. The number of nitrogens with zero attached hydrogens (tertiary/aromatic N) is 1. The Balaban J connectivity index is 4.27. The molecule has 316 valence electrons. The number of quaternary nitrogens is 1. The van der Waals surface area contributed by atoms with Crippen LogP contribution in [0, 0.1) is 0 Å². The first kappa shape index (κ1) is 52.2. The highest BCUT2D eigenvalue weighted by atomic mass is 31.2. The van der Waals surface area contributed by atoms with Crippen molar-refractivity contribution in [2.75, 3.05) is 40.9 Å². The lowest BCUT2D eigenvalue weighted by Gasteiger charge is -2.30. The minimum atomic E-state index is -4.56. The van der Waals surface area contributed by atoms with Crippen LogP contribution in [0.25, 0.3) is 0 Å². The van der Waals surface area contributed by atoms with E-state index in [-0.39, 0.29) is 19.1 Å². The number of nitrogens with one attached hydrogen (secondary N) is 1. The Morgan fingerprint density at radius 2 is 1.04 bits per heavy atom. The molecule has 0 aromatic rings. The number of phosphoric acid groups is 1. The van der Waals surface area contributed by atoms with Crippen molar-refractivity contribution in [3.05, 3.63) is 12.2 Å². The van der Waals surface area contributed by atoms with E-state index in [1.165, 1.54) is 148 Å². The van der Waals surface area contributed by atoms with Gasteiger partial charge >= 0.3 is 0 Å². The molecule has 0 aliphatic heterocycles. The molecule has 0 heterocycles. The van der Waals surface area contributed by atoms with Gasteiger partial charge in [0, 0.05) is 6.42 Å². The quantitative estimate of drug-likeness (QED) is 0.0277. The van der Waals surface area contributed by atoms with Gasteiger partial charge in [-0.25, -0.2) is 0 Å². The molecular weight excluding hydrogens is 683 g/mol. The zero-order valence-electron chi connectivity index (χ0n) is 35.7. The molecular formula is C44H89N2O6P. The molecule has 1 amide bonds. The summed E-state index contributed by atoms with van der Waals surface area (Å²) in [6, 6.07) is -0.797. The Morgan fingerprint density at radius 3 is 1.47 bits per heavy atom. The number of unbranched alkanes of at least 4 members (excludes halogenated alkanes) is 26. The molecule has 8 nitrogen and oxygen atoms in total. The van der Waals surface area contributed by atoms with Crippen LogP contribution in [0.2, 0.25) is 0 Å².